The monoisotopic (exact) mass is 472 g/mol. The van der Waals surface area contributed by atoms with Crippen LogP contribution in [0.5, 0.6) is 5.75 Å². The maximum Gasteiger partial charge on any atom is 0.246 e. The lowest BCUT2D eigenvalue weighted by atomic mass is 10.1. The number of methoxy groups -OCH3 is 1. The van der Waals surface area contributed by atoms with E-state index >= 15 is 0 Å². The molecule has 3 aromatic carbocycles. The van der Waals surface area contributed by atoms with E-state index in [0.717, 1.165) is 39.4 Å². The molecule has 1 amide bonds. The van der Waals surface area contributed by atoms with E-state index in [1.807, 2.05) is 86.6 Å². The van der Waals surface area contributed by atoms with E-state index in [1.54, 1.807) is 7.11 Å². The molecule has 1 heterocycles. The van der Waals surface area contributed by atoms with Crippen molar-refractivity contribution in [3.05, 3.63) is 88.9 Å². The molecular weight excluding hydrogens is 448 g/mol. The van der Waals surface area contributed by atoms with Crippen LogP contribution in [0, 0.1) is 13.8 Å². The molecule has 0 saturated heterocycles. The van der Waals surface area contributed by atoms with Crippen molar-refractivity contribution in [1.29, 1.82) is 0 Å². The van der Waals surface area contributed by atoms with Crippen molar-refractivity contribution < 1.29 is 9.53 Å². The van der Waals surface area contributed by atoms with Gasteiger partial charge in [-0.3, -0.25) is 10.1 Å². The van der Waals surface area contributed by atoms with Crippen molar-refractivity contribution in [1.82, 2.24) is 9.97 Å². The van der Waals surface area contributed by atoms with Gasteiger partial charge in [0.05, 0.1) is 25.0 Å². The zero-order chi connectivity index (χ0) is 24.1. The second kappa shape index (κ2) is 10.4. The van der Waals surface area contributed by atoms with Gasteiger partial charge in [-0.1, -0.05) is 47.5 Å². The van der Waals surface area contributed by atoms with Gasteiger partial charge >= 0.3 is 0 Å². The van der Waals surface area contributed by atoms with Gasteiger partial charge in [0, 0.05) is 21.8 Å². The lowest BCUT2D eigenvalue weighted by Gasteiger charge is -2.12. The Morgan fingerprint density at radius 3 is 2.15 bits per heavy atom. The highest BCUT2D eigenvalue weighted by molar-refractivity contribution is 6.31. The molecule has 0 unspecified atom stereocenters. The van der Waals surface area contributed by atoms with Gasteiger partial charge in [0.2, 0.25) is 11.9 Å². The molecule has 7 heteroatoms. The van der Waals surface area contributed by atoms with Gasteiger partial charge in [-0.2, -0.15) is 0 Å². The lowest BCUT2D eigenvalue weighted by Crippen LogP contribution is -2.23. The highest BCUT2D eigenvalue weighted by Gasteiger charge is 2.12. The molecule has 0 fully saturated rings. The molecule has 4 aromatic rings. The Labute approximate surface area is 204 Å². The first kappa shape index (κ1) is 23.3. The smallest absolute Gasteiger partial charge is 0.246 e. The number of halogens is 1. The Balaban J connectivity index is 1.60. The van der Waals surface area contributed by atoms with Crippen molar-refractivity contribution >= 4 is 29.1 Å². The summed E-state index contributed by atoms with van der Waals surface area (Å²) in [6, 6.07) is 23.1. The average molecular weight is 473 g/mol. The normalized spacial score (nSPS) is 10.6. The number of ether oxygens (including phenoxy) is 1. The number of rotatable bonds is 7. The summed E-state index contributed by atoms with van der Waals surface area (Å²) in [5.41, 5.74) is 6.08. The highest BCUT2D eigenvalue weighted by Crippen LogP contribution is 2.27. The molecule has 0 spiro atoms. The number of hydrogen-bond donors (Lipinski definition) is 2. The van der Waals surface area contributed by atoms with Crippen molar-refractivity contribution in [2.75, 3.05) is 24.3 Å². The summed E-state index contributed by atoms with van der Waals surface area (Å²) in [4.78, 5) is 21.9. The summed E-state index contributed by atoms with van der Waals surface area (Å²) in [6.07, 6.45) is 0. The van der Waals surface area contributed by atoms with Gasteiger partial charge < -0.3 is 10.1 Å². The molecule has 34 heavy (non-hydrogen) atoms. The fourth-order valence-electron chi connectivity index (χ4n) is 3.43. The van der Waals surface area contributed by atoms with E-state index in [1.165, 1.54) is 0 Å². The first-order chi connectivity index (χ1) is 16.4. The van der Waals surface area contributed by atoms with Crippen LogP contribution in [0.25, 0.3) is 22.5 Å². The van der Waals surface area contributed by atoms with E-state index in [2.05, 4.69) is 20.6 Å². The van der Waals surface area contributed by atoms with Crippen LogP contribution in [0.15, 0.2) is 72.8 Å². The fourth-order valence-corrected chi connectivity index (χ4v) is 3.60. The number of aromatic nitrogens is 2. The summed E-state index contributed by atoms with van der Waals surface area (Å²) in [5.74, 6) is 0.729. The molecule has 4 rings (SSSR count). The topological polar surface area (TPSA) is 76.1 Å². The number of hydrogen-bond acceptors (Lipinski definition) is 5. The third kappa shape index (κ3) is 5.53. The third-order valence-corrected chi connectivity index (χ3v) is 5.83. The Kier molecular flexibility index (Phi) is 7.09. The second-order valence-corrected chi connectivity index (χ2v) is 8.28. The SMILES string of the molecule is COc1ccc(-c2cc(-c3ccc(C)cc3)nc(NC(=O)CNc3cccc(Cl)c3C)n2)cc1. The van der Waals surface area contributed by atoms with Gasteiger partial charge in [0.15, 0.2) is 0 Å². The minimum atomic E-state index is -0.263. The minimum Gasteiger partial charge on any atom is -0.497 e. The maximum absolute atomic E-state index is 12.7. The molecule has 0 radical (unpaired) electrons. The van der Waals surface area contributed by atoms with Crippen molar-refractivity contribution in [3.8, 4) is 28.3 Å². The highest BCUT2D eigenvalue weighted by atomic mass is 35.5. The predicted molar refractivity (Wildman–Crippen MR) is 138 cm³/mol. The predicted octanol–water partition coefficient (Wildman–Crippen LogP) is 6.14. The summed E-state index contributed by atoms with van der Waals surface area (Å²) in [6.45, 7) is 3.99. The minimum absolute atomic E-state index is 0.0527. The molecule has 0 saturated carbocycles. The van der Waals surface area contributed by atoms with E-state index < -0.39 is 0 Å². The molecule has 0 bridgehead atoms. The fraction of sp³-hybridized carbons (Fsp3) is 0.148. The van der Waals surface area contributed by atoms with Gasteiger partial charge in [-0.15, -0.1) is 0 Å². The second-order valence-electron chi connectivity index (χ2n) is 7.87. The number of carbonyl (C=O) groups is 1. The van der Waals surface area contributed by atoms with Gasteiger partial charge in [-0.25, -0.2) is 9.97 Å². The summed E-state index contributed by atoms with van der Waals surface area (Å²) in [5, 5.41) is 6.58. The maximum atomic E-state index is 12.7. The molecule has 6 nitrogen and oxygen atoms in total. The number of carbonyl (C=O) groups excluding carboxylic acids is 1. The van der Waals surface area contributed by atoms with Crippen molar-refractivity contribution in [2.45, 2.75) is 13.8 Å². The Morgan fingerprint density at radius 2 is 1.53 bits per heavy atom. The van der Waals surface area contributed by atoms with Crippen molar-refractivity contribution in [2.24, 2.45) is 0 Å². The largest absolute Gasteiger partial charge is 0.497 e. The van der Waals surface area contributed by atoms with Crippen LogP contribution in [-0.4, -0.2) is 29.5 Å². The number of benzene rings is 3. The van der Waals surface area contributed by atoms with Crippen LogP contribution >= 0.6 is 11.6 Å². The first-order valence-corrected chi connectivity index (χ1v) is 11.2. The number of amides is 1. The van der Waals surface area contributed by atoms with Crippen LogP contribution in [0.1, 0.15) is 11.1 Å². The Hall–Kier alpha value is -3.90. The lowest BCUT2D eigenvalue weighted by molar-refractivity contribution is -0.114. The summed E-state index contributed by atoms with van der Waals surface area (Å²) >= 11 is 6.17. The zero-order valence-electron chi connectivity index (χ0n) is 19.2. The molecule has 0 atom stereocenters. The van der Waals surface area contributed by atoms with Crippen LogP contribution in [0.2, 0.25) is 5.02 Å². The zero-order valence-corrected chi connectivity index (χ0v) is 20.0. The quantitative estimate of drug-likeness (QED) is 0.338. The molecule has 0 aliphatic carbocycles. The van der Waals surface area contributed by atoms with E-state index in [0.29, 0.717) is 10.7 Å². The Morgan fingerprint density at radius 1 is 0.912 bits per heavy atom. The van der Waals surface area contributed by atoms with Crippen LogP contribution in [0.4, 0.5) is 11.6 Å². The van der Waals surface area contributed by atoms with Gasteiger partial charge in [0.1, 0.15) is 5.75 Å². The van der Waals surface area contributed by atoms with Crippen LogP contribution in [0.3, 0.4) is 0 Å². The molecule has 0 aliphatic rings. The number of nitrogens with one attached hydrogen (secondary N) is 2. The molecular formula is C27H25ClN4O2. The van der Waals surface area contributed by atoms with Crippen molar-refractivity contribution in [3.63, 3.8) is 0 Å². The van der Waals surface area contributed by atoms with Gasteiger partial charge in [-0.05, 0) is 61.9 Å². The molecule has 0 aliphatic heterocycles. The number of nitrogens with zero attached hydrogens (tertiary/aromatic N) is 2. The number of anilines is 2. The number of aryl methyl sites for hydroxylation is 1. The molecule has 172 valence electrons. The Bertz CT molecular complexity index is 1310. The summed E-state index contributed by atoms with van der Waals surface area (Å²) < 4.78 is 5.26. The standard InChI is InChI=1S/C27H25ClN4O2/c1-17-7-9-19(10-8-17)24-15-25(20-11-13-21(34-3)14-12-20)31-27(30-24)32-26(33)16-29-23-6-4-5-22(28)18(23)2/h4-15,29H,16H2,1-3H3,(H,30,31,32,33). The van der Waals surface area contributed by atoms with Crippen LogP contribution in [-0.2, 0) is 4.79 Å². The third-order valence-electron chi connectivity index (χ3n) is 5.42. The van der Waals surface area contributed by atoms with E-state index in [4.69, 9.17) is 16.3 Å². The molecule has 2 N–H and O–H groups in total. The van der Waals surface area contributed by atoms with Crippen LogP contribution < -0.4 is 15.4 Å². The average Bonchev–Trinajstić information content (AvgIpc) is 2.85. The molecule has 1 aromatic heterocycles. The first-order valence-electron chi connectivity index (χ1n) is 10.8. The van der Waals surface area contributed by atoms with E-state index in [9.17, 15) is 4.79 Å². The van der Waals surface area contributed by atoms with E-state index in [-0.39, 0.29) is 18.4 Å². The van der Waals surface area contributed by atoms with Gasteiger partial charge in [0.25, 0.3) is 0 Å². The summed E-state index contributed by atoms with van der Waals surface area (Å²) in [7, 11) is 1.63.